The molecule has 1 aromatic rings. The summed E-state index contributed by atoms with van der Waals surface area (Å²) in [5.74, 6) is 2.17. The summed E-state index contributed by atoms with van der Waals surface area (Å²) in [6, 6.07) is 3.80. The number of pyridine rings is 1. The van der Waals surface area contributed by atoms with Gasteiger partial charge in [-0.05, 0) is 63.0 Å². The zero-order chi connectivity index (χ0) is 16.3. The van der Waals surface area contributed by atoms with Crippen LogP contribution < -0.4 is 4.74 Å². The highest BCUT2D eigenvalue weighted by atomic mass is 16.5. The van der Waals surface area contributed by atoms with E-state index in [1.165, 1.54) is 32.5 Å². The van der Waals surface area contributed by atoms with Gasteiger partial charge in [-0.2, -0.15) is 0 Å². The molecule has 1 aliphatic heterocycles. The number of aromatic nitrogens is 1. The summed E-state index contributed by atoms with van der Waals surface area (Å²) in [5.41, 5.74) is 0.230. The number of likely N-dealkylation sites (tertiary alicyclic amines) is 1. The van der Waals surface area contributed by atoms with Crippen molar-refractivity contribution in [1.29, 1.82) is 0 Å². The van der Waals surface area contributed by atoms with Crippen molar-refractivity contribution in [3.05, 3.63) is 23.9 Å². The van der Waals surface area contributed by atoms with Crippen molar-refractivity contribution in [3.63, 3.8) is 0 Å². The topological polar surface area (TPSA) is 45.6 Å². The van der Waals surface area contributed by atoms with E-state index < -0.39 is 5.60 Å². The van der Waals surface area contributed by atoms with Gasteiger partial charge in [-0.25, -0.2) is 4.98 Å². The quantitative estimate of drug-likeness (QED) is 0.926. The van der Waals surface area contributed by atoms with Crippen LogP contribution >= 0.6 is 0 Å². The molecular weight excluding hydrogens is 288 g/mol. The maximum Gasteiger partial charge on any atom is 0.212 e. The van der Waals surface area contributed by atoms with E-state index in [2.05, 4.69) is 16.8 Å². The molecule has 1 saturated heterocycles. The number of ether oxygens (including phenoxy) is 1. The molecule has 1 saturated carbocycles. The molecule has 128 valence electrons. The fourth-order valence-electron chi connectivity index (χ4n) is 4.22. The Morgan fingerprint density at radius 1 is 1.30 bits per heavy atom. The van der Waals surface area contributed by atoms with Gasteiger partial charge in [0.05, 0.1) is 12.7 Å². The molecule has 0 amide bonds. The number of aliphatic hydroxyl groups is 1. The Bertz CT molecular complexity index is 495. The first-order chi connectivity index (χ1) is 11.1. The molecule has 0 bridgehead atoms. The van der Waals surface area contributed by atoms with E-state index in [1.54, 1.807) is 13.3 Å². The SMILES string of the molecule is COc1ccc(C2(O)CCC(CN3CCCC(C)C3)CC2)cn1. The number of nitrogens with zero attached hydrogens (tertiary/aromatic N) is 2. The van der Waals surface area contributed by atoms with Crippen molar-refractivity contribution < 1.29 is 9.84 Å². The Labute approximate surface area is 139 Å². The zero-order valence-electron chi connectivity index (χ0n) is 14.5. The van der Waals surface area contributed by atoms with Crippen LogP contribution in [0.2, 0.25) is 0 Å². The smallest absolute Gasteiger partial charge is 0.212 e. The van der Waals surface area contributed by atoms with Gasteiger partial charge in [-0.1, -0.05) is 6.92 Å². The van der Waals surface area contributed by atoms with Crippen molar-refractivity contribution in [2.45, 2.75) is 51.0 Å². The molecule has 2 aliphatic rings. The highest BCUT2D eigenvalue weighted by Crippen LogP contribution is 2.40. The third-order valence-electron chi connectivity index (χ3n) is 5.67. The van der Waals surface area contributed by atoms with Gasteiger partial charge in [0.1, 0.15) is 0 Å². The second-order valence-corrected chi connectivity index (χ2v) is 7.57. The van der Waals surface area contributed by atoms with Gasteiger partial charge < -0.3 is 14.7 Å². The van der Waals surface area contributed by atoms with Crippen LogP contribution in [0.4, 0.5) is 0 Å². The van der Waals surface area contributed by atoms with E-state index in [1.807, 2.05) is 12.1 Å². The second-order valence-electron chi connectivity index (χ2n) is 7.57. The Kier molecular flexibility index (Phi) is 5.22. The van der Waals surface area contributed by atoms with Gasteiger partial charge in [-0.3, -0.25) is 0 Å². The van der Waals surface area contributed by atoms with Crippen LogP contribution in [-0.4, -0.2) is 41.7 Å². The van der Waals surface area contributed by atoms with E-state index in [0.717, 1.165) is 43.1 Å². The first-order valence-electron chi connectivity index (χ1n) is 9.04. The minimum atomic E-state index is -0.703. The van der Waals surface area contributed by atoms with Crippen LogP contribution in [0.5, 0.6) is 5.88 Å². The Morgan fingerprint density at radius 2 is 2.09 bits per heavy atom. The molecule has 3 rings (SSSR count). The first-order valence-corrected chi connectivity index (χ1v) is 9.04. The highest BCUT2D eigenvalue weighted by molar-refractivity contribution is 5.24. The maximum absolute atomic E-state index is 11.0. The molecule has 1 N–H and O–H groups in total. The lowest BCUT2D eigenvalue weighted by Crippen LogP contribution is -2.40. The summed E-state index contributed by atoms with van der Waals surface area (Å²) in [4.78, 5) is 6.89. The zero-order valence-corrected chi connectivity index (χ0v) is 14.5. The van der Waals surface area contributed by atoms with Crippen molar-refractivity contribution in [2.24, 2.45) is 11.8 Å². The van der Waals surface area contributed by atoms with Crippen LogP contribution in [0.15, 0.2) is 18.3 Å². The van der Waals surface area contributed by atoms with E-state index >= 15 is 0 Å². The summed E-state index contributed by atoms with van der Waals surface area (Å²) in [6.45, 7) is 6.08. The van der Waals surface area contributed by atoms with Crippen LogP contribution in [-0.2, 0) is 5.60 Å². The average molecular weight is 318 g/mol. The molecular formula is C19H30N2O2. The van der Waals surface area contributed by atoms with Crippen molar-refractivity contribution in [3.8, 4) is 5.88 Å². The Hall–Kier alpha value is -1.13. The summed E-state index contributed by atoms with van der Waals surface area (Å²) < 4.78 is 5.10. The monoisotopic (exact) mass is 318 g/mol. The molecule has 1 unspecified atom stereocenters. The molecule has 1 aliphatic carbocycles. The fraction of sp³-hybridized carbons (Fsp3) is 0.737. The van der Waals surface area contributed by atoms with E-state index in [4.69, 9.17) is 4.74 Å². The van der Waals surface area contributed by atoms with Gasteiger partial charge in [0.25, 0.3) is 0 Å². The number of hydrogen-bond acceptors (Lipinski definition) is 4. The summed E-state index contributed by atoms with van der Waals surface area (Å²) >= 11 is 0. The number of hydrogen-bond donors (Lipinski definition) is 1. The fourth-order valence-corrected chi connectivity index (χ4v) is 4.22. The second kappa shape index (κ2) is 7.18. The predicted molar refractivity (Wildman–Crippen MR) is 91.5 cm³/mol. The predicted octanol–water partition coefficient (Wildman–Crippen LogP) is 3.20. The summed E-state index contributed by atoms with van der Waals surface area (Å²) in [7, 11) is 1.61. The number of methoxy groups -OCH3 is 1. The lowest BCUT2D eigenvalue weighted by atomic mass is 9.75. The molecule has 23 heavy (non-hydrogen) atoms. The standard InChI is InChI=1S/C19H30N2O2/c1-15-4-3-11-21(13-15)14-16-7-9-19(22,10-8-16)17-5-6-18(23-2)20-12-17/h5-6,12,15-16,22H,3-4,7-11,13-14H2,1-2H3. The molecule has 2 heterocycles. The molecule has 0 spiro atoms. The largest absolute Gasteiger partial charge is 0.481 e. The van der Waals surface area contributed by atoms with Crippen molar-refractivity contribution >= 4 is 0 Å². The number of rotatable bonds is 4. The normalized spacial score (nSPS) is 32.7. The summed E-state index contributed by atoms with van der Waals surface area (Å²) in [6.07, 6.45) is 8.39. The molecule has 0 radical (unpaired) electrons. The van der Waals surface area contributed by atoms with Crippen LogP contribution in [0.25, 0.3) is 0 Å². The van der Waals surface area contributed by atoms with Gasteiger partial charge in [0.15, 0.2) is 0 Å². The molecule has 4 nitrogen and oxygen atoms in total. The number of piperidine rings is 1. The molecule has 2 fully saturated rings. The molecule has 4 heteroatoms. The summed E-state index contributed by atoms with van der Waals surface area (Å²) in [5, 5.41) is 11.0. The van der Waals surface area contributed by atoms with Crippen LogP contribution in [0.1, 0.15) is 51.0 Å². The lowest BCUT2D eigenvalue weighted by Gasteiger charge is -2.39. The van der Waals surface area contributed by atoms with Gasteiger partial charge in [0.2, 0.25) is 5.88 Å². The van der Waals surface area contributed by atoms with Crippen molar-refractivity contribution in [1.82, 2.24) is 9.88 Å². The average Bonchev–Trinajstić information content (AvgIpc) is 2.57. The van der Waals surface area contributed by atoms with E-state index in [0.29, 0.717) is 5.88 Å². The van der Waals surface area contributed by atoms with Gasteiger partial charge >= 0.3 is 0 Å². The van der Waals surface area contributed by atoms with Crippen LogP contribution in [0.3, 0.4) is 0 Å². The van der Waals surface area contributed by atoms with Gasteiger partial charge in [0, 0.05) is 30.9 Å². The highest BCUT2D eigenvalue weighted by Gasteiger charge is 2.35. The Balaban J connectivity index is 1.54. The third kappa shape index (κ3) is 4.04. The minimum absolute atomic E-state index is 0.602. The molecule has 0 aromatic carbocycles. The minimum Gasteiger partial charge on any atom is -0.481 e. The maximum atomic E-state index is 11.0. The first kappa shape index (κ1) is 16.7. The Morgan fingerprint density at radius 3 is 2.70 bits per heavy atom. The van der Waals surface area contributed by atoms with E-state index in [9.17, 15) is 5.11 Å². The van der Waals surface area contributed by atoms with E-state index in [-0.39, 0.29) is 0 Å². The lowest BCUT2D eigenvalue weighted by molar-refractivity contribution is -0.0202. The molecule has 1 atom stereocenters. The molecule has 1 aromatic heterocycles. The van der Waals surface area contributed by atoms with Crippen molar-refractivity contribution in [2.75, 3.05) is 26.7 Å². The third-order valence-corrected chi connectivity index (χ3v) is 5.67. The van der Waals surface area contributed by atoms with Gasteiger partial charge in [-0.15, -0.1) is 0 Å². The van der Waals surface area contributed by atoms with Crippen LogP contribution in [0, 0.1) is 11.8 Å².